The summed E-state index contributed by atoms with van der Waals surface area (Å²) in [6, 6.07) is 0. The zero-order valence-electron chi connectivity index (χ0n) is 9.44. The molecule has 1 aliphatic rings. The Morgan fingerprint density at radius 2 is 2.44 bits per heavy atom. The minimum atomic E-state index is -0.325. The van der Waals surface area contributed by atoms with Crippen molar-refractivity contribution in [3.63, 3.8) is 0 Å². The smallest absolute Gasteiger partial charge is 0.227 e. The van der Waals surface area contributed by atoms with Crippen LogP contribution < -0.4 is 11.1 Å². The first-order valence-corrected chi connectivity index (χ1v) is 5.49. The molecule has 1 aliphatic carbocycles. The van der Waals surface area contributed by atoms with Crippen molar-refractivity contribution in [3.8, 4) is 0 Å². The number of carbonyl (C=O) groups is 1. The largest absolute Gasteiger partial charge is 0.348 e. The fraction of sp³-hybridized carbons (Fsp3) is 0.700. The van der Waals surface area contributed by atoms with E-state index in [1.54, 1.807) is 18.1 Å². The van der Waals surface area contributed by atoms with Crippen LogP contribution in [-0.2, 0) is 18.4 Å². The Balaban J connectivity index is 1.88. The van der Waals surface area contributed by atoms with Crippen molar-refractivity contribution >= 4 is 5.91 Å². The average molecular weight is 223 g/mol. The van der Waals surface area contributed by atoms with Crippen LogP contribution in [0, 0.1) is 5.41 Å². The van der Waals surface area contributed by atoms with Gasteiger partial charge in [-0.15, -0.1) is 0 Å². The van der Waals surface area contributed by atoms with Gasteiger partial charge in [-0.2, -0.15) is 5.10 Å². The molecule has 1 amide bonds. The van der Waals surface area contributed by atoms with Crippen LogP contribution in [0.3, 0.4) is 0 Å². The molecular formula is C10H17N5O. The van der Waals surface area contributed by atoms with Crippen molar-refractivity contribution in [2.24, 2.45) is 18.2 Å². The highest BCUT2D eigenvalue weighted by Gasteiger charge is 2.42. The molecule has 0 aromatic carbocycles. The summed E-state index contributed by atoms with van der Waals surface area (Å²) in [4.78, 5) is 16.0. The van der Waals surface area contributed by atoms with Crippen molar-refractivity contribution in [1.82, 2.24) is 20.1 Å². The fourth-order valence-corrected chi connectivity index (χ4v) is 1.94. The van der Waals surface area contributed by atoms with E-state index >= 15 is 0 Å². The molecule has 6 heteroatoms. The van der Waals surface area contributed by atoms with Gasteiger partial charge in [-0.05, 0) is 12.8 Å². The van der Waals surface area contributed by atoms with Gasteiger partial charge < -0.3 is 11.1 Å². The highest BCUT2D eigenvalue weighted by atomic mass is 16.2. The first kappa shape index (κ1) is 11.1. The van der Waals surface area contributed by atoms with Gasteiger partial charge in [0.2, 0.25) is 5.91 Å². The molecule has 0 spiro atoms. The third kappa shape index (κ3) is 1.92. The zero-order chi connectivity index (χ0) is 11.6. The first-order valence-electron chi connectivity index (χ1n) is 5.49. The standard InChI is InChI=1S/C10H17N5O/c1-15-7-13-8(14-15)5-12-9(16)10(6-11)3-2-4-10/h7H,2-6,11H2,1H3,(H,12,16). The normalized spacial score (nSPS) is 17.9. The molecule has 1 fully saturated rings. The molecule has 2 rings (SSSR count). The van der Waals surface area contributed by atoms with Gasteiger partial charge in [0.05, 0.1) is 12.0 Å². The van der Waals surface area contributed by atoms with Gasteiger partial charge in [0.25, 0.3) is 0 Å². The summed E-state index contributed by atoms with van der Waals surface area (Å²) in [7, 11) is 1.80. The Bertz CT molecular complexity index is 377. The summed E-state index contributed by atoms with van der Waals surface area (Å²) in [6.07, 6.45) is 4.49. The van der Waals surface area contributed by atoms with E-state index in [4.69, 9.17) is 5.73 Å². The molecule has 0 unspecified atom stereocenters. The summed E-state index contributed by atoms with van der Waals surface area (Å²) in [6.45, 7) is 0.801. The number of nitrogens with zero attached hydrogens (tertiary/aromatic N) is 3. The second-order valence-electron chi connectivity index (χ2n) is 4.36. The molecule has 1 saturated carbocycles. The summed E-state index contributed by atoms with van der Waals surface area (Å²) in [5, 5.41) is 6.94. The molecule has 0 aliphatic heterocycles. The van der Waals surface area contributed by atoms with E-state index in [1.807, 2.05) is 0 Å². The molecule has 3 N–H and O–H groups in total. The molecular weight excluding hydrogens is 206 g/mol. The topological polar surface area (TPSA) is 85.8 Å². The SMILES string of the molecule is Cn1cnc(CNC(=O)C2(CN)CCC2)n1. The van der Waals surface area contributed by atoms with E-state index in [0.29, 0.717) is 18.9 Å². The first-order chi connectivity index (χ1) is 7.66. The maximum Gasteiger partial charge on any atom is 0.227 e. The number of rotatable bonds is 4. The van der Waals surface area contributed by atoms with Crippen LogP contribution in [0.2, 0.25) is 0 Å². The predicted molar refractivity (Wildman–Crippen MR) is 58.2 cm³/mol. The Hall–Kier alpha value is -1.43. The van der Waals surface area contributed by atoms with Gasteiger partial charge >= 0.3 is 0 Å². The molecule has 6 nitrogen and oxygen atoms in total. The van der Waals surface area contributed by atoms with Crippen LogP contribution in [0.1, 0.15) is 25.1 Å². The van der Waals surface area contributed by atoms with Crippen LogP contribution in [0.15, 0.2) is 6.33 Å². The van der Waals surface area contributed by atoms with Crippen LogP contribution in [-0.4, -0.2) is 27.2 Å². The molecule has 0 saturated heterocycles. The highest BCUT2D eigenvalue weighted by molar-refractivity contribution is 5.83. The van der Waals surface area contributed by atoms with Crippen molar-refractivity contribution in [1.29, 1.82) is 0 Å². The van der Waals surface area contributed by atoms with Gasteiger partial charge in [0.1, 0.15) is 6.33 Å². The van der Waals surface area contributed by atoms with E-state index in [2.05, 4.69) is 15.4 Å². The predicted octanol–water partition coefficient (Wildman–Crippen LogP) is -0.440. The van der Waals surface area contributed by atoms with Gasteiger partial charge in [0, 0.05) is 13.6 Å². The molecule has 88 valence electrons. The molecule has 0 bridgehead atoms. The summed E-state index contributed by atoms with van der Waals surface area (Å²) in [5.74, 6) is 0.663. The Labute approximate surface area is 94.2 Å². The summed E-state index contributed by atoms with van der Waals surface area (Å²) < 4.78 is 1.61. The van der Waals surface area contributed by atoms with E-state index in [1.165, 1.54) is 0 Å². The van der Waals surface area contributed by atoms with Crippen molar-refractivity contribution in [2.45, 2.75) is 25.8 Å². The number of carbonyl (C=O) groups excluding carboxylic acids is 1. The fourth-order valence-electron chi connectivity index (χ4n) is 1.94. The number of hydrogen-bond donors (Lipinski definition) is 2. The molecule has 1 aromatic rings. The monoisotopic (exact) mass is 223 g/mol. The third-order valence-corrected chi connectivity index (χ3v) is 3.24. The van der Waals surface area contributed by atoms with Gasteiger partial charge in [0.15, 0.2) is 5.82 Å². The van der Waals surface area contributed by atoms with Crippen LogP contribution in [0.25, 0.3) is 0 Å². The lowest BCUT2D eigenvalue weighted by Crippen LogP contribution is -2.50. The Morgan fingerprint density at radius 1 is 1.69 bits per heavy atom. The molecule has 0 atom stereocenters. The number of nitrogens with one attached hydrogen (secondary N) is 1. The van der Waals surface area contributed by atoms with Crippen molar-refractivity contribution in [3.05, 3.63) is 12.2 Å². The summed E-state index contributed by atoms with van der Waals surface area (Å²) in [5.41, 5.74) is 5.32. The van der Waals surface area contributed by atoms with E-state index in [-0.39, 0.29) is 11.3 Å². The van der Waals surface area contributed by atoms with Crippen LogP contribution in [0.5, 0.6) is 0 Å². The number of hydrogen-bond acceptors (Lipinski definition) is 4. The third-order valence-electron chi connectivity index (χ3n) is 3.24. The highest BCUT2D eigenvalue weighted by Crippen LogP contribution is 2.39. The van der Waals surface area contributed by atoms with Crippen LogP contribution in [0.4, 0.5) is 0 Å². The quantitative estimate of drug-likeness (QED) is 0.724. The molecule has 1 aromatic heterocycles. The average Bonchev–Trinajstić information content (AvgIpc) is 2.60. The molecule has 16 heavy (non-hydrogen) atoms. The number of amides is 1. The van der Waals surface area contributed by atoms with Gasteiger partial charge in [-0.3, -0.25) is 9.48 Å². The minimum absolute atomic E-state index is 0.0358. The maximum absolute atomic E-state index is 11.9. The number of aryl methyl sites for hydroxylation is 1. The summed E-state index contributed by atoms with van der Waals surface area (Å²) >= 11 is 0. The zero-order valence-corrected chi connectivity index (χ0v) is 9.44. The number of aromatic nitrogens is 3. The lowest BCUT2D eigenvalue weighted by molar-refractivity contribution is -0.135. The second kappa shape index (κ2) is 4.21. The maximum atomic E-state index is 11.9. The van der Waals surface area contributed by atoms with E-state index in [9.17, 15) is 4.79 Å². The lowest BCUT2D eigenvalue weighted by Gasteiger charge is -2.38. The minimum Gasteiger partial charge on any atom is -0.348 e. The second-order valence-corrected chi connectivity index (χ2v) is 4.36. The lowest BCUT2D eigenvalue weighted by atomic mass is 9.68. The molecule has 1 heterocycles. The van der Waals surface area contributed by atoms with Gasteiger partial charge in [-0.1, -0.05) is 6.42 Å². The Morgan fingerprint density at radius 3 is 2.88 bits per heavy atom. The van der Waals surface area contributed by atoms with E-state index < -0.39 is 0 Å². The van der Waals surface area contributed by atoms with Crippen molar-refractivity contribution < 1.29 is 4.79 Å². The van der Waals surface area contributed by atoms with E-state index in [0.717, 1.165) is 19.3 Å². The van der Waals surface area contributed by atoms with Crippen LogP contribution >= 0.6 is 0 Å². The molecule has 0 radical (unpaired) electrons. The van der Waals surface area contributed by atoms with Gasteiger partial charge in [-0.25, -0.2) is 4.98 Å². The Kier molecular flexibility index (Phi) is 2.91. The van der Waals surface area contributed by atoms with Crippen molar-refractivity contribution in [2.75, 3.05) is 6.54 Å². The number of nitrogens with two attached hydrogens (primary N) is 1.